The van der Waals surface area contributed by atoms with Gasteiger partial charge in [-0.05, 0) is 54.1 Å². The van der Waals surface area contributed by atoms with Gasteiger partial charge in [0.25, 0.3) is 0 Å². The zero-order chi connectivity index (χ0) is 20.5. The molecule has 0 fully saturated rings. The Hall–Kier alpha value is -3.77. The van der Waals surface area contributed by atoms with E-state index in [9.17, 15) is 4.79 Å². The Labute approximate surface area is 177 Å². The largest absolute Gasteiger partial charge is 0.346 e. The van der Waals surface area contributed by atoms with Crippen molar-refractivity contribution in [3.8, 4) is 0 Å². The second-order valence-corrected chi connectivity index (χ2v) is 7.42. The number of H-pyrrole nitrogens is 1. The van der Waals surface area contributed by atoms with Gasteiger partial charge in [0, 0.05) is 46.6 Å². The van der Waals surface area contributed by atoms with Gasteiger partial charge in [-0.1, -0.05) is 23.7 Å². The fraction of sp³-hybridized carbons (Fsp3) is 0.0435. The molecule has 0 radical (unpaired) electrons. The minimum atomic E-state index is -0.319. The molecule has 2 aromatic carbocycles. The highest BCUT2D eigenvalue weighted by Gasteiger charge is 2.11. The minimum absolute atomic E-state index is 0.319. The molecule has 6 nitrogen and oxygen atoms in total. The third-order valence-electron chi connectivity index (χ3n) is 5.04. The van der Waals surface area contributed by atoms with E-state index in [1.165, 1.54) is 5.56 Å². The van der Waals surface area contributed by atoms with Gasteiger partial charge in [0.1, 0.15) is 5.65 Å². The number of carbonyl (C=O) groups excluding carboxylic acids is 1. The molecular weight excluding hydrogens is 398 g/mol. The average molecular weight is 416 g/mol. The van der Waals surface area contributed by atoms with Crippen molar-refractivity contribution in [1.29, 1.82) is 0 Å². The number of pyridine rings is 1. The lowest BCUT2D eigenvalue weighted by molar-refractivity contribution is 0.262. The fourth-order valence-electron chi connectivity index (χ4n) is 3.66. The molecule has 148 valence electrons. The van der Waals surface area contributed by atoms with E-state index in [1.807, 2.05) is 55.0 Å². The van der Waals surface area contributed by atoms with Crippen molar-refractivity contribution in [3.05, 3.63) is 89.8 Å². The van der Waals surface area contributed by atoms with Crippen LogP contribution in [0.4, 0.5) is 16.2 Å². The van der Waals surface area contributed by atoms with Crippen molar-refractivity contribution >= 4 is 50.9 Å². The maximum absolute atomic E-state index is 12.5. The van der Waals surface area contributed by atoms with Gasteiger partial charge in [0.05, 0.1) is 11.2 Å². The molecule has 2 amide bonds. The highest BCUT2D eigenvalue weighted by Crippen LogP contribution is 2.27. The first-order valence-electron chi connectivity index (χ1n) is 9.50. The summed E-state index contributed by atoms with van der Waals surface area (Å²) < 4.78 is 2.16. The Kier molecular flexibility index (Phi) is 4.61. The van der Waals surface area contributed by atoms with Gasteiger partial charge in [-0.25, -0.2) is 9.78 Å². The van der Waals surface area contributed by atoms with Crippen LogP contribution in [-0.4, -0.2) is 20.6 Å². The lowest BCUT2D eigenvalue weighted by atomic mass is 10.2. The maximum Gasteiger partial charge on any atom is 0.323 e. The highest BCUT2D eigenvalue weighted by molar-refractivity contribution is 6.30. The molecule has 5 aromatic rings. The van der Waals surface area contributed by atoms with Crippen LogP contribution >= 0.6 is 11.6 Å². The topological polar surface area (TPSA) is 74.7 Å². The van der Waals surface area contributed by atoms with Crippen LogP contribution in [0, 0.1) is 0 Å². The predicted octanol–water partition coefficient (Wildman–Crippen LogP) is 5.86. The van der Waals surface area contributed by atoms with Gasteiger partial charge < -0.3 is 20.2 Å². The van der Waals surface area contributed by atoms with E-state index >= 15 is 0 Å². The lowest BCUT2D eigenvalue weighted by Crippen LogP contribution is -2.19. The summed E-state index contributed by atoms with van der Waals surface area (Å²) in [5, 5.41) is 8.39. The van der Waals surface area contributed by atoms with Gasteiger partial charge >= 0.3 is 6.03 Å². The molecule has 0 aliphatic carbocycles. The number of hydrogen-bond acceptors (Lipinski definition) is 2. The number of hydrogen-bond donors (Lipinski definition) is 3. The summed E-state index contributed by atoms with van der Waals surface area (Å²) >= 11 is 5.98. The van der Waals surface area contributed by atoms with Crippen molar-refractivity contribution in [3.63, 3.8) is 0 Å². The Morgan fingerprint density at radius 2 is 1.93 bits per heavy atom. The third kappa shape index (κ3) is 3.49. The summed E-state index contributed by atoms with van der Waals surface area (Å²) in [6.07, 6.45) is 5.74. The maximum atomic E-state index is 12.5. The second-order valence-electron chi connectivity index (χ2n) is 6.98. The lowest BCUT2D eigenvalue weighted by Gasteiger charge is -2.10. The van der Waals surface area contributed by atoms with Crippen molar-refractivity contribution in [2.75, 3.05) is 10.6 Å². The smallest absolute Gasteiger partial charge is 0.323 e. The number of aromatic nitrogens is 3. The van der Waals surface area contributed by atoms with E-state index in [-0.39, 0.29) is 6.03 Å². The monoisotopic (exact) mass is 415 g/mol. The van der Waals surface area contributed by atoms with E-state index in [0.717, 1.165) is 27.6 Å². The zero-order valence-corrected chi connectivity index (χ0v) is 16.6. The summed E-state index contributed by atoms with van der Waals surface area (Å²) in [4.78, 5) is 20.0. The molecule has 0 aliphatic heterocycles. The van der Waals surface area contributed by atoms with Crippen LogP contribution in [0.5, 0.6) is 0 Å². The number of urea groups is 1. The number of nitrogens with one attached hydrogen (secondary N) is 3. The summed E-state index contributed by atoms with van der Waals surface area (Å²) in [6.45, 7) is 0.707. The van der Waals surface area contributed by atoms with Crippen LogP contribution in [0.15, 0.2) is 79.3 Å². The quantitative estimate of drug-likeness (QED) is 0.343. The highest BCUT2D eigenvalue weighted by atomic mass is 35.5. The van der Waals surface area contributed by atoms with Gasteiger partial charge in [-0.3, -0.25) is 0 Å². The molecule has 0 saturated carbocycles. The van der Waals surface area contributed by atoms with Crippen LogP contribution in [0.1, 0.15) is 5.56 Å². The van der Waals surface area contributed by atoms with Crippen molar-refractivity contribution in [2.45, 2.75) is 6.54 Å². The van der Waals surface area contributed by atoms with E-state index in [1.54, 1.807) is 24.3 Å². The molecule has 30 heavy (non-hydrogen) atoms. The Balaban J connectivity index is 1.41. The zero-order valence-electron chi connectivity index (χ0n) is 15.9. The van der Waals surface area contributed by atoms with Crippen LogP contribution in [0.2, 0.25) is 5.02 Å². The van der Waals surface area contributed by atoms with Crippen LogP contribution in [0.3, 0.4) is 0 Å². The fourth-order valence-corrected chi connectivity index (χ4v) is 3.85. The third-order valence-corrected chi connectivity index (χ3v) is 5.27. The van der Waals surface area contributed by atoms with Crippen LogP contribution in [-0.2, 0) is 6.54 Å². The second kappa shape index (κ2) is 7.57. The van der Waals surface area contributed by atoms with Gasteiger partial charge in [-0.15, -0.1) is 0 Å². The SMILES string of the molecule is O=C(Nc1cccc(Cl)c1)Nc1cccc2c1ccn2Cc1ccnc2[nH]ccc12. The molecular formula is C23H18ClN5O. The van der Waals surface area contributed by atoms with Crippen LogP contribution in [0.25, 0.3) is 21.9 Å². The van der Waals surface area contributed by atoms with Crippen LogP contribution < -0.4 is 10.6 Å². The first kappa shape index (κ1) is 18.3. The molecule has 0 saturated heterocycles. The number of halogens is 1. The number of anilines is 2. The number of carbonyl (C=O) groups is 1. The van der Waals surface area contributed by atoms with E-state index in [0.29, 0.717) is 17.3 Å². The Bertz CT molecular complexity index is 1370. The van der Waals surface area contributed by atoms with E-state index in [4.69, 9.17) is 11.6 Å². The number of aromatic amines is 1. The number of benzene rings is 2. The molecule has 3 N–H and O–H groups in total. The van der Waals surface area contributed by atoms with Crippen molar-refractivity contribution < 1.29 is 4.79 Å². The predicted molar refractivity (Wildman–Crippen MR) is 121 cm³/mol. The standard InChI is InChI=1S/C23H18ClN5O/c24-16-3-1-4-17(13-16)27-23(30)28-20-5-2-6-21-19(20)9-12-29(21)14-15-7-10-25-22-18(15)8-11-26-22/h1-13H,14H2,(H,25,26)(H2,27,28,30). The Morgan fingerprint density at radius 3 is 2.83 bits per heavy atom. The molecule has 0 aliphatic rings. The molecule has 7 heteroatoms. The van der Waals surface area contributed by atoms with Gasteiger partial charge in [0.2, 0.25) is 0 Å². The minimum Gasteiger partial charge on any atom is -0.346 e. The number of nitrogens with zero attached hydrogens (tertiary/aromatic N) is 2. The number of rotatable bonds is 4. The first-order valence-corrected chi connectivity index (χ1v) is 9.87. The van der Waals surface area contributed by atoms with Gasteiger partial charge in [0.15, 0.2) is 0 Å². The van der Waals surface area contributed by atoms with E-state index < -0.39 is 0 Å². The molecule has 0 bridgehead atoms. The van der Waals surface area contributed by atoms with Crippen molar-refractivity contribution in [2.24, 2.45) is 0 Å². The molecule has 3 heterocycles. The average Bonchev–Trinajstić information content (AvgIpc) is 3.36. The summed E-state index contributed by atoms with van der Waals surface area (Å²) in [7, 11) is 0. The summed E-state index contributed by atoms with van der Waals surface area (Å²) in [5.74, 6) is 0. The number of fused-ring (bicyclic) bond motifs is 2. The Morgan fingerprint density at radius 1 is 1.03 bits per heavy atom. The molecule has 5 rings (SSSR count). The summed E-state index contributed by atoms with van der Waals surface area (Å²) in [6, 6.07) is 18.7. The molecule has 0 unspecified atom stereocenters. The normalized spacial score (nSPS) is 11.1. The number of amides is 2. The first-order chi connectivity index (χ1) is 14.7. The summed E-state index contributed by atoms with van der Waals surface area (Å²) in [5.41, 5.74) is 4.47. The van der Waals surface area contributed by atoms with Crippen molar-refractivity contribution in [1.82, 2.24) is 14.5 Å². The van der Waals surface area contributed by atoms with E-state index in [2.05, 4.69) is 25.2 Å². The molecule has 0 spiro atoms. The molecule has 0 atom stereocenters. The van der Waals surface area contributed by atoms with Gasteiger partial charge in [-0.2, -0.15) is 0 Å². The molecule has 3 aromatic heterocycles.